The second kappa shape index (κ2) is 28.3. The highest BCUT2D eigenvalue weighted by molar-refractivity contribution is 5.72. The molecular formula is C44H80N6O3. The van der Waals surface area contributed by atoms with Crippen molar-refractivity contribution in [1.82, 2.24) is 19.8 Å². The number of nitrogens with two attached hydrogens (primary N) is 1. The Hall–Kier alpha value is -3.17. The predicted octanol–water partition coefficient (Wildman–Crippen LogP) is 9.38. The molecule has 3 N–H and O–H groups in total. The number of rotatable bonds is 16. The van der Waals surface area contributed by atoms with Crippen LogP contribution >= 0.6 is 0 Å². The van der Waals surface area contributed by atoms with Crippen molar-refractivity contribution in [2.24, 2.45) is 17.6 Å². The van der Waals surface area contributed by atoms with Crippen LogP contribution in [-0.4, -0.2) is 84.2 Å². The highest BCUT2D eigenvalue weighted by Crippen LogP contribution is 2.32. The number of hydrogen-bond acceptors (Lipinski definition) is 8. The first-order valence-electron chi connectivity index (χ1n) is 20.3. The van der Waals surface area contributed by atoms with E-state index in [0.29, 0.717) is 29.3 Å². The Morgan fingerprint density at radius 1 is 1.04 bits per heavy atom. The summed E-state index contributed by atoms with van der Waals surface area (Å²) in [4.78, 5) is 38.7. The number of nitrogens with one attached hydrogen (secondary N) is 1. The van der Waals surface area contributed by atoms with Crippen LogP contribution in [-0.2, 0) is 9.53 Å². The summed E-state index contributed by atoms with van der Waals surface area (Å²) in [5, 5.41) is 0. The maximum absolute atomic E-state index is 12.7. The van der Waals surface area contributed by atoms with Gasteiger partial charge in [-0.05, 0) is 104 Å². The SMILES string of the molecule is C.CC.CCCC1CCC(C(=O)OC)CC1.C\C=C(C)/C=C\C(=C/C)CN(CCC)CCC(C)N1CCN(c2ncc(/C(N)=C/C)[nH]c2=O)CC1CC. The zero-order valence-corrected chi connectivity index (χ0v) is 35.0. The fourth-order valence-corrected chi connectivity index (χ4v) is 7.14. The van der Waals surface area contributed by atoms with Gasteiger partial charge in [0.2, 0.25) is 0 Å². The quantitative estimate of drug-likeness (QED) is 0.128. The van der Waals surface area contributed by atoms with Crippen LogP contribution in [0.3, 0.4) is 0 Å². The number of allylic oxidation sites excluding steroid dienone is 5. The number of hydrogen-bond donors (Lipinski definition) is 2. The third-order valence-electron chi connectivity index (χ3n) is 10.5. The molecule has 1 aromatic heterocycles. The van der Waals surface area contributed by atoms with Gasteiger partial charge in [0.25, 0.3) is 5.56 Å². The van der Waals surface area contributed by atoms with Crippen molar-refractivity contribution in [3.8, 4) is 0 Å². The molecule has 1 aliphatic carbocycles. The van der Waals surface area contributed by atoms with Crippen LogP contribution in [0.4, 0.5) is 5.82 Å². The fourth-order valence-electron chi connectivity index (χ4n) is 7.14. The number of ether oxygens (including phenoxy) is 1. The predicted molar refractivity (Wildman–Crippen MR) is 229 cm³/mol. The van der Waals surface area contributed by atoms with Crippen molar-refractivity contribution in [2.75, 3.05) is 51.3 Å². The lowest BCUT2D eigenvalue weighted by molar-refractivity contribution is -0.146. The third kappa shape index (κ3) is 17.2. The molecule has 0 amide bonds. The van der Waals surface area contributed by atoms with Crippen molar-refractivity contribution in [1.29, 1.82) is 0 Å². The number of carbonyl (C=O) groups is 1. The lowest BCUT2D eigenvalue weighted by Crippen LogP contribution is -2.57. The fraction of sp³-hybridized carbons (Fsp3) is 0.705. The Kier molecular flexibility index (Phi) is 26.6. The van der Waals surface area contributed by atoms with Crippen molar-refractivity contribution in [3.63, 3.8) is 0 Å². The number of methoxy groups -OCH3 is 1. The molecule has 0 spiro atoms. The van der Waals surface area contributed by atoms with Crippen LogP contribution in [0.1, 0.15) is 140 Å². The molecule has 2 unspecified atom stereocenters. The first kappa shape index (κ1) is 49.8. The number of anilines is 1. The van der Waals surface area contributed by atoms with E-state index in [9.17, 15) is 9.59 Å². The van der Waals surface area contributed by atoms with E-state index in [1.165, 1.54) is 43.9 Å². The van der Waals surface area contributed by atoms with Gasteiger partial charge in [-0.2, -0.15) is 0 Å². The summed E-state index contributed by atoms with van der Waals surface area (Å²) in [6.07, 6.45) is 22.7. The number of H-pyrrole nitrogens is 1. The number of aromatic amines is 1. The Bertz CT molecular complexity index is 1320. The van der Waals surface area contributed by atoms with Gasteiger partial charge in [-0.15, -0.1) is 0 Å². The van der Waals surface area contributed by atoms with Gasteiger partial charge in [-0.25, -0.2) is 4.98 Å². The molecule has 304 valence electrons. The second-order valence-corrected chi connectivity index (χ2v) is 14.1. The van der Waals surface area contributed by atoms with E-state index in [0.717, 1.165) is 77.3 Å². The molecule has 1 aromatic rings. The topological polar surface area (TPSA) is 108 Å². The van der Waals surface area contributed by atoms with Gasteiger partial charge in [0.05, 0.1) is 30.6 Å². The van der Waals surface area contributed by atoms with Gasteiger partial charge in [-0.3, -0.25) is 19.4 Å². The molecule has 9 heteroatoms. The lowest BCUT2D eigenvalue weighted by atomic mass is 9.80. The Morgan fingerprint density at radius 2 is 1.72 bits per heavy atom. The van der Waals surface area contributed by atoms with E-state index in [4.69, 9.17) is 10.5 Å². The summed E-state index contributed by atoms with van der Waals surface area (Å²) in [7, 11) is 1.49. The van der Waals surface area contributed by atoms with E-state index in [1.807, 2.05) is 20.8 Å². The number of aromatic nitrogens is 2. The van der Waals surface area contributed by atoms with Crippen LogP contribution in [0.15, 0.2) is 52.5 Å². The second-order valence-electron chi connectivity index (χ2n) is 14.1. The average molecular weight is 741 g/mol. The van der Waals surface area contributed by atoms with Crippen LogP contribution in [0, 0.1) is 11.8 Å². The molecule has 0 radical (unpaired) electrons. The monoisotopic (exact) mass is 741 g/mol. The Morgan fingerprint density at radius 3 is 2.25 bits per heavy atom. The molecule has 3 rings (SSSR count). The highest BCUT2D eigenvalue weighted by Gasteiger charge is 2.31. The number of carbonyl (C=O) groups excluding carboxylic acids is 1. The Balaban J connectivity index is 0.00000141. The van der Waals surface area contributed by atoms with Gasteiger partial charge in [0.15, 0.2) is 5.82 Å². The maximum Gasteiger partial charge on any atom is 0.308 e. The smallest absolute Gasteiger partial charge is 0.308 e. The summed E-state index contributed by atoms with van der Waals surface area (Å²) in [5.74, 6) is 1.55. The van der Waals surface area contributed by atoms with E-state index in [-0.39, 0.29) is 24.9 Å². The number of nitrogens with zero attached hydrogens (tertiary/aromatic N) is 4. The van der Waals surface area contributed by atoms with E-state index >= 15 is 0 Å². The van der Waals surface area contributed by atoms with E-state index in [2.05, 4.69) is 97.4 Å². The van der Waals surface area contributed by atoms with Crippen molar-refractivity contribution in [3.05, 3.63) is 63.8 Å². The average Bonchev–Trinajstić information content (AvgIpc) is 3.18. The van der Waals surface area contributed by atoms with Crippen LogP contribution in [0.5, 0.6) is 0 Å². The summed E-state index contributed by atoms with van der Waals surface area (Å²) < 4.78 is 4.75. The molecule has 2 atom stereocenters. The highest BCUT2D eigenvalue weighted by atomic mass is 16.5. The van der Waals surface area contributed by atoms with Crippen molar-refractivity contribution in [2.45, 2.75) is 147 Å². The van der Waals surface area contributed by atoms with E-state index in [1.54, 1.807) is 12.3 Å². The van der Waals surface area contributed by atoms with Crippen LogP contribution in [0.2, 0.25) is 0 Å². The van der Waals surface area contributed by atoms with Gasteiger partial charge in [-0.1, -0.05) is 90.8 Å². The summed E-state index contributed by atoms with van der Waals surface area (Å²) in [6.45, 7) is 27.0. The van der Waals surface area contributed by atoms with Crippen molar-refractivity contribution >= 4 is 17.5 Å². The van der Waals surface area contributed by atoms with Gasteiger partial charge in [0.1, 0.15) is 0 Å². The molecule has 1 saturated heterocycles. The molecule has 9 nitrogen and oxygen atoms in total. The summed E-state index contributed by atoms with van der Waals surface area (Å²) in [5.41, 5.74) is 9.52. The number of esters is 1. The molecule has 0 bridgehead atoms. The minimum atomic E-state index is -0.174. The molecule has 2 fully saturated rings. The zero-order chi connectivity index (χ0) is 39.1. The van der Waals surface area contributed by atoms with Crippen LogP contribution < -0.4 is 16.2 Å². The van der Waals surface area contributed by atoms with E-state index < -0.39 is 0 Å². The van der Waals surface area contributed by atoms with Gasteiger partial charge >= 0.3 is 5.97 Å². The van der Waals surface area contributed by atoms with Gasteiger partial charge in [0, 0.05) is 38.3 Å². The minimum Gasteiger partial charge on any atom is -0.469 e. The molecular weight excluding hydrogens is 661 g/mol. The summed E-state index contributed by atoms with van der Waals surface area (Å²) >= 11 is 0. The molecule has 53 heavy (non-hydrogen) atoms. The van der Waals surface area contributed by atoms with Crippen molar-refractivity contribution < 1.29 is 9.53 Å². The number of piperazine rings is 1. The molecule has 2 aliphatic rings. The zero-order valence-electron chi connectivity index (χ0n) is 35.0. The first-order chi connectivity index (χ1) is 25.0. The molecule has 2 heterocycles. The van der Waals surface area contributed by atoms with Gasteiger partial charge < -0.3 is 20.4 Å². The largest absolute Gasteiger partial charge is 0.469 e. The first-order valence-corrected chi connectivity index (χ1v) is 20.3. The third-order valence-corrected chi connectivity index (χ3v) is 10.5. The molecule has 1 saturated carbocycles. The molecule has 1 aliphatic heterocycles. The molecule has 0 aromatic carbocycles. The summed E-state index contributed by atoms with van der Waals surface area (Å²) in [6, 6.07) is 0.868. The maximum atomic E-state index is 12.7. The Labute approximate surface area is 325 Å². The lowest BCUT2D eigenvalue weighted by Gasteiger charge is -2.44. The normalized spacial score (nSPS) is 20.6. The van der Waals surface area contributed by atoms with Crippen LogP contribution in [0.25, 0.3) is 5.70 Å². The standard InChI is InChI=1S/C30H50N6O.C11H20O2.C2H6.CH4/c1-8-16-34(21-25(10-3)14-13-23(6)9-2)17-15-24(7)36-19-18-35(22-26(36)11-4)29-30(37)33-28(20-32-29)27(31)12-5;1-3-4-9-5-7-10(8-6-9)11(12)13-2;1-2;/h9-10,12-14,20,24,26H,8,11,15-19,21-22,31H2,1-7H3,(H,33,37);9-10H,3-8H2,1-2H3;1-2H3;1H4/b14-13-,23-9-,25-10+,27-12-;;;. The minimum absolute atomic E-state index is 0.